The molecule has 0 aliphatic carbocycles. The Balaban J connectivity index is 1.53. The molecule has 110 valence electrons. The zero-order valence-electron chi connectivity index (χ0n) is 11.6. The number of piperidine rings is 1. The van der Waals surface area contributed by atoms with Crippen molar-refractivity contribution < 1.29 is 0 Å². The van der Waals surface area contributed by atoms with Gasteiger partial charge in [0.25, 0.3) is 0 Å². The van der Waals surface area contributed by atoms with Gasteiger partial charge in [-0.05, 0) is 89.2 Å². The zero-order chi connectivity index (χ0) is 13.9. The van der Waals surface area contributed by atoms with E-state index in [9.17, 15) is 0 Å². The van der Waals surface area contributed by atoms with Gasteiger partial charge in [-0.15, -0.1) is 0 Å². The van der Waals surface area contributed by atoms with Crippen LogP contribution in [-0.2, 0) is 6.54 Å². The highest BCUT2D eigenvalue weighted by Gasteiger charge is 2.28. The monoisotopic (exact) mass is 401 g/mol. The van der Waals surface area contributed by atoms with Crippen molar-refractivity contribution in [2.45, 2.75) is 38.3 Å². The largest absolute Gasteiger partial charge is 0.314 e. The molecule has 0 saturated carbocycles. The van der Waals surface area contributed by atoms with Gasteiger partial charge in [0, 0.05) is 27.7 Å². The summed E-state index contributed by atoms with van der Waals surface area (Å²) in [6.07, 6.45) is 7.28. The van der Waals surface area contributed by atoms with Crippen LogP contribution in [0.15, 0.2) is 21.2 Å². The van der Waals surface area contributed by atoms with Crippen molar-refractivity contribution in [1.29, 1.82) is 0 Å². The number of rotatable bonds is 3. The third-order valence-corrected chi connectivity index (χ3v) is 5.68. The summed E-state index contributed by atoms with van der Waals surface area (Å²) in [5.74, 6) is 0.884. The third kappa shape index (κ3) is 3.62. The summed E-state index contributed by atoms with van der Waals surface area (Å²) in [6.45, 7) is 4.58. The van der Waals surface area contributed by atoms with Gasteiger partial charge in [0.2, 0.25) is 0 Å². The van der Waals surface area contributed by atoms with Gasteiger partial charge in [-0.25, -0.2) is 0 Å². The maximum atomic E-state index is 4.52. The summed E-state index contributed by atoms with van der Waals surface area (Å²) in [6, 6.07) is 2.87. The molecule has 0 radical (unpaired) electrons. The highest BCUT2D eigenvalue weighted by molar-refractivity contribution is 9.11. The Morgan fingerprint density at radius 1 is 1.25 bits per heavy atom. The SMILES string of the molecule is Brc1cnc(CN2CCC(C3CCCN3)CC2)c(Br)c1. The van der Waals surface area contributed by atoms with Crippen molar-refractivity contribution in [2.75, 3.05) is 19.6 Å². The van der Waals surface area contributed by atoms with Crippen LogP contribution >= 0.6 is 31.9 Å². The van der Waals surface area contributed by atoms with Crippen molar-refractivity contribution in [3.8, 4) is 0 Å². The third-order valence-electron chi connectivity index (χ3n) is 4.56. The summed E-state index contributed by atoms with van der Waals surface area (Å²) < 4.78 is 2.13. The first kappa shape index (κ1) is 14.9. The minimum Gasteiger partial charge on any atom is -0.314 e. The van der Waals surface area contributed by atoms with Crippen molar-refractivity contribution in [1.82, 2.24) is 15.2 Å². The van der Waals surface area contributed by atoms with Crippen LogP contribution in [0.4, 0.5) is 0 Å². The first-order valence-corrected chi connectivity index (χ1v) is 9.06. The average Bonchev–Trinajstić information content (AvgIpc) is 2.97. The molecule has 2 aliphatic heterocycles. The summed E-state index contributed by atoms with van der Waals surface area (Å²) >= 11 is 7.06. The number of nitrogens with one attached hydrogen (secondary N) is 1. The molecule has 0 amide bonds. The van der Waals surface area contributed by atoms with Crippen LogP contribution in [0.5, 0.6) is 0 Å². The molecule has 1 aromatic rings. The first-order chi connectivity index (χ1) is 9.72. The highest BCUT2D eigenvalue weighted by atomic mass is 79.9. The van der Waals surface area contributed by atoms with Crippen LogP contribution in [0.2, 0.25) is 0 Å². The second kappa shape index (κ2) is 6.86. The lowest BCUT2D eigenvalue weighted by Gasteiger charge is -2.34. The quantitative estimate of drug-likeness (QED) is 0.837. The molecule has 1 aromatic heterocycles. The van der Waals surface area contributed by atoms with E-state index in [0.29, 0.717) is 0 Å². The minimum absolute atomic E-state index is 0.787. The molecule has 2 aliphatic rings. The molecule has 1 atom stereocenters. The molecule has 0 aromatic carbocycles. The maximum Gasteiger partial charge on any atom is 0.0686 e. The number of hydrogen-bond acceptors (Lipinski definition) is 3. The van der Waals surface area contributed by atoms with Crippen molar-refractivity contribution >= 4 is 31.9 Å². The van der Waals surface area contributed by atoms with Gasteiger partial charge in [0.15, 0.2) is 0 Å². The molecule has 3 rings (SSSR count). The second-order valence-electron chi connectivity index (χ2n) is 5.90. The van der Waals surface area contributed by atoms with E-state index in [-0.39, 0.29) is 0 Å². The number of hydrogen-bond donors (Lipinski definition) is 1. The van der Waals surface area contributed by atoms with Crippen LogP contribution in [0, 0.1) is 5.92 Å². The van der Waals surface area contributed by atoms with E-state index in [4.69, 9.17) is 0 Å². The Morgan fingerprint density at radius 3 is 2.70 bits per heavy atom. The maximum absolute atomic E-state index is 4.52. The van der Waals surface area contributed by atoms with Gasteiger partial charge in [0.1, 0.15) is 0 Å². The Bertz CT molecular complexity index is 452. The smallest absolute Gasteiger partial charge is 0.0686 e. The van der Waals surface area contributed by atoms with E-state index in [0.717, 1.165) is 33.1 Å². The van der Waals surface area contributed by atoms with Gasteiger partial charge >= 0.3 is 0 Å². The van der Waals surface area contributed by atoms with Crippen molar-refractivity contribution in [3.05, 3.63) is 26.9 Å². The predicted molar refractivity (Wildman–Crippen MR) is 88.7 cm³/mol. The number of aromatic nitrogens is 1. The summed E-state index contributed by atoms with van der Waals surface area (Å²) in [4.78, 5) is 7.05. The summed E-state index contributed by atoms with van der Waals surface area (Å²) in [5.41, 5.74) is 1.14. The van der Waals surface area contributed by atoms with Crippen LogP contribution in [0.1, 0.15) is 31.4 Å². The standard InChI is InChI=1S/C15H21Br2N3/c16-12-8-13(17)15(19-9-12)10-20-6-3-11(4-7-20)14-2-1-5-18-14/h8-9,11,14,18H,1-7,10H2. The van der Waals surface area contributed by atoms with E-state index in [1.54, 1.807) is 0 Å². The molecular formula is C15H21Br2N3. The zero-order valence-corrected chi connectivity index (χ0v) is 14.8. The molecule has 0 spiro atoms. The number of halogens is 2. The molecule has 20 heavy (non-hydrogen) atoms. The minimum atomic E-state index is 0.787. The van der Waals surface area contributed by atoms with Crippen LogP contribution < -0.4 is 5.32 Å². The molecule has 2 fully saturated rings. The molecule has 5 heteroatoms. The van der Waals surface area contributed by atoms with Gasteiger partial charge in [-0.2, -0.15) is 0 Å². The van der Waals surface area contributed by atoms with Crippen molar-refractivity contribution in [3.63, 3.8) is 0 Å². The predicted octanol–water partition coefficient (Wildman–Crippen LogP) is 3.57. The summed E-state index contributed by atoms with van der Waals surface area (Å²) in [7, 11) is 0. The first-order valence-electron chi connectivity index (χ1n) is 7.48. The second-order valence-corrected chi connectivity index (χ2v) is 7.67. The van der Waals surface area contributed by atoms with E-state index in [1.165, 1.54) is 45.3 Å². The fraction of sp³-hybridized carbons (Fsp3) is 0.667. The van der Waals surface area contributed by atoms with Gasteiger partial charge < -0.3 is 5.32 Å². The Hall–Kier alpha value is 0.0300. The van der Waals surface area contributed by atoms with E-state index >= 15 is 0 Å². The highest BCUT2D eigenvalue weighted by Crippen LogP contribution is 2.27. The molecule has 2 saturated heterocycles. The molecular weight excluding hydrogens is 382 g/mol. The lowest BCUT2D eigenvalue weighted by atomic mass is 9.88. The average molecular weight is 403 g/mol. The van der Waals surface area contributed by atoms with Gasteiger partial charge in [-0.3, -0.25) is 9.88 Å². The summed E-state index contributed by atoms with van der Waals surface area (Å²) in [5, 5.41) is 3.66. The normalized spacial score (nSPS) is 25.2. The van der Waals surface area contributed by atoms with Crippen molar-refractivity contribution in [2.24, 2.45) is 5.92 Å². The molecule has 0 bridgehead atoms. The van der Waals surface area contributed by atoms with Gasteiger partial charge in [0.05, 0.1) is 5.69 Å². The lowest BCUT2D eigenvalue weighted by molar-refractivity contribution is 0.156. The molecule has 3 heterocycles. The molecule has 3 nitrogen and oxygen atoms in total. The number of nitrogens with zero attached hydrogens (tertiary/aromatic N) is 2. The molecule has 1 N–H and O–H groups in total. The Labute approximate surface area is 137 Å². The Kier molecular flexibility index (Phi) is 5.13. The van der Waals surface area contributed by atoms with E-state index in [2.05, 4.69) is 53.1 Å². The molecule has 1 unspecified atom stereocenters. The van der Waals surface area contributed by atoms with E-state index < -0.39 is 0 Å². The lowest BCUT2D eigenvalue weighted by Crippen LogP contribution is -2.40. The van der Waals surface area contributed by atoms with Gasteiger partial charge in [-0.1, -0.05) is 0 Å². The topological polar surface area (TPSA) is 28.2 Å². The number of pyridine rings is 1. The fourth-order valence-corrected chi connectivity index (χ4v) is 4.51. The number of likely N-dealkylation sites (tertiary alicyclic amines) is 1. The fourth-order valence-electron chi connectivity index (χ4n) is 3.40. The Morgan fingerprint density at radius 2 is 2.05 bits per heavy atom. The van der Waals surface area contributed by atoms with E-state index in [1.807, 2.05) is 6.20 Å². The van der Waals surface area contributed by atoms with Crippen LogP contribution in [-0.4, -0.2) is 35.6 Å². The van der Waals surface area contributed by atoms with Crippen LogP contribution in [0.3, 0.4) is 0 Å². The van der Waals surface area contributed by atoms with Crippen LogP contribution in [0.25, 0.3) is 0 Å².